The number of halogens is 1. The van der Waals surface area contributed by atoms with Crippen LogP contribution < -0.4 is 5.32 Å². The zero-order valence-corrected chi connectivity index (χ0v) is 12.7. The SMILES string of the molecule is COC(=O)[C@H]1CCCCN1CC(=O)Nc1ccc(Cl)cc1. The molecule has 1 amide bonds. The molecular formula is C15H19ClN2O3. The maximum atomic E-state index is 12.1. The highest BCUT2D eigenvalue weighted by atomic mass is 35.5. The summed E-state index contributed by atoms with van der Waals surface area (Å²) in [5.74, 6) is -0.415. The van der Waals surface area contributed by atoms with E-state index in [9.17, 15) is 9.59 Å². The minimum atomic E-state index is -0.320. The van der Waals surface area contributed by atoms with Crippen LogP contribution in [0.3, 0.4) is 0 Å². The third-order valence-electron chi connectivity index (χ3n) is 3.56. The van der Waals surface area contributed by atoms with Crippen LogP contribution in [0.5, 0.6) is 0 Å². The van der Waals surface area contributed by atoms with E-state index in [0.717, 1.165) is 25.8 Å². The van der Waals surface area contributed by atoms with Gasteiger partial charge in [0, 0.05) is 10.7 Å². The van der Waals surface area contributed by atoms with Gasteiger partial charge in [0.1, 0.15) is 6.04 Å². The average molecular weight is 311 g/mol. The lowest BCUT2D eigenvalue weighted by molar-refractivity contribution is -0.148. The summed E-state index contributed by atoms with van der Waals surface area (Å²) in [5.41, 5.74) is 0.691. The molecule has 2 rings (SSSR count). The second kappa shape index (κ2) is 7.43. The summed E-state index contributed by atoms with van der Waals surface area (Å²) >= 11 is 5.80. The molecule has 0 unspecified atom stereocenters. The number of methoxy groups -OCH3 is 1. The van der Waals surface area contributed by atoms with Crippen molar-refractivity contribution in [3.8, 4) is 0 Å². The minimum absolute atomic E-state index is 0.145. The number of ether oxygens (including phenoxy) is 1. The van der Waals surface area contributed by atoms with Crippen LogP contribution in [0.15, 0.2) is 24.3 Å². The van der Waals surface area contributed by atoms with Crippen molar-refractivity contribution in [1.29, 1.82) is 0 Å². The molecule has 0 radical (unpaired) electrons. The lowest BCUT2D eigenvalue weighted by Gasteiger charge is -2.32. The normalized spacial score (nSPS) is 19.0. The van der Waals surface area contributed by atoms with E-state index in [2.05, 4.69) is 5.32 Å². The van der Waals surface area contributed by atoms with Crippen molar-refractivity contribution in [2.24, 2.45) is 0 Å². The molecule has 1 aliphatic heterocycles. The summed E-state index contributed by atoms with van der Waals surface area (Å²) in [7, 11) is 1.38. The van der Waals surface area contributed by atoms with Crippen molar-refractivity contribution >= 4 is 29.2 Å². The van der Waals surface area contributed by atoms with Crippen LogP contribution in [0.1, 0.15) is 19.3 Å². The Bertz CT molecular complexity index is 504. The van der Waals surface area contributed by atoms with Crippen molar-refractivity contribution < 1.29 is 14.3 Å². The molecule has 1 heterocycles. The molecular weight excluding hydrogens is 292 g/mol. The van der Waals surface area contributed by atoms with E-state index in [1.54, 1.807) is 24.3 Å². The van der Waals surface area contributed by atoms with Crippen molar-refractivity contribution in [2.45, 2.75) is 25.3 Å². The van der Waals surface area contributed by atoms with Crippen molar-refractivity contribution in [1.82, 2.24) is 4.90 Å². The van der Waals surface area contributed by atoms with Crippen LogP contribution in [0.4, 0.5) is 5.69 Å². The van der Waals surface area contributed by atoms with Gasteiger partial charge in [-0.25, -0.2) is 0 Å². The third kappa shape index (κ3) is 4.44. The number of anilines is 1. The third-order valence-corrected chi connectivity index (χ3v) is 3.81. The largest absolute Gasteiger partial charge is 0.468 e. The van der Waals surface area contributed by atoms with Crippen molar-refractivity contribution in [3.05, 3.63) is 29.3 Å². The Morgan fingerprint density at radius 3 is 2.71 bits per heavy atom. The molecule has 114 valence electrons. The fraction of sp³-hybridized carbons (Fsp3) is 0.467. The van der Waals surface area contributed by atoms with E-state index in [0.29, 0.717) is 10.7 Å². The van der Waals surface area contributed by atoms with E-state index in [4.69, 9.17) is 16.3 Å². The second-order valence-electron chi connectivity index (χ2n) is 5.06. The van der Waals surface area contributed by atoms with Gasteiger partial charge >= 0.3 is 5.97 Å². The molecule has 21 heavy (non-hydrogen) atoms. The highest BCUT2D eigenvalue weighted by Crippen LogP contribution is 2.18. The monoisotopic (exact) mass is 310 g/mol. The Labute approximate surface area is 129 Å². The molecule has 1 aromatic carbocycles. The zero-order chi connectivity index (χ0) is 15.2. The smallest absolute Gasteiger partial charge is 0.323 e. The van der Waals surface area contributed by atoms with Gasteiger partial charge in [0.2, 0.25) is 5.91 Å². The fourth-order valence-electron chi connectivity index (χ4n) is 2.50. The lowest BCUT2D eigenvalue weighted by Crippen LogP contribution is -2.48. The van der Waals surface area contributed by atoms with Gasteiger partial charge in [-0.1, -0.05) is 18.0 Å². The molecule has 5 nitrogen and oxygen atoms in total. The number of carbonyl (C=O) groups excluding carboxylic acids is 2. The maximum absolute atomic E-state index is 12.1. The number of nitrogens with one attached hydrogen (secondary N) is 1. The lowest BCUT2D eigenvalue weighted by atomic mass is 10.0. The topological polar surface area (TPSA) is 58.6 Å². The van der Waals surface area contributed by atoms with Crippen LogP contribution in [0, 0.1) is 0 Å². The molecule has 0 aliphatic carbocycles. The molecule has 0 saturated carbocycles. The van der Waals surface area contributed by atoms with Gasteiger partial charge in [0.15, 0.2) is 0 Å². The van der Waals surface area contributed by atoms with E-state index in [1.165, 1.54) is 7.11 Å². The number of hydrogen-bond donors (Lipinski definition) is 1. The number of nitrogens with zero attached hydrogens (tertiary/aromatic N) is 1. The summed E-state index contributed by atoms with van der Waals surface area (Å²) in [6, 6.07) is 6.60. The number of rotatable bonds is 4. The number of hydrogen-bond acceptors (Lipinski definition) is 4. The molecule has 1 saturated heterocycles. The van der Waals surface area contributed by atoms with Gasteiger partial charge in [-0.3, -0.25) is 14.5 Å². The van der Waals surface area contributed by atoms with Crippen LogP contribution in [-0.4, -0.2) is 43.0 Å². The number of piperidine rings is 1. The van der Waals surface area contributed by atoms with Crippen LogP contribution in [0.25, 0.3) is 0 Å². The second-order valence-corrected chi connectivity index (χ2v) is 5.50. The quantitative estimate of drug-likeness (QED) is 0.867. The number of benzene rings is 1. The predicted molar refractivity (Wildman–Crippen MR) is 81.3 cm³/mol. The van der Waals surface area contributed by atoms with Crippen molar-refractivity contribution in [2.75, 3.05) is 25.5 Å². The van der Waals surface area contributed by atoms with Gasteiger partial charge in [-0.05, 0) is 43.7 Å². The van der Waals surface area contributed by atoms with Gasteiger partial charge in [-0.15, -0.1) is 0 Å². The first-order valence-electron chi connectivity index (χ1n) is 6.97. The Morgan fingerprint density at radius 2 is 2.05 bits per heavy atom. The molecule has 1 aromatic rings. The van der Waals surface area contributed by atoms with E-state index in [-0.39, 0.29) is 24.5 Å². The molecule has 1 atom stereocenters. The molecule has 0 aromatic heterocycles. The Kier molecular flexibility index (Phi) is 5.59. The zero-order valence-electron chi connectivity index (χ0n) is 12.0. The predicted octanol–water partition coefficient (Wildman–Crippen LogP) is 2.31. The van der Waals surface area contributed by atoms with Gasteiger partial charge < -0.3 is 10.1 Å². The molecule has 6 heteroatoms. The maximum Gasteiger partial charge on any atom is 0.323 e. The first-order valence-corrected chi connectivity index (χ1v) is 7.35. The van der Waals surface area contributed by atoms with Gasteiger partial charge in [-0.2, -0.15) is 0 Å². The molecule has 0 spiro atoms. The standard InChI is InChI=1S/C15H19ClN2O3/c1-21-15(20)13-4-2-3-9-18(13)10-14(19)17-12-7-5-11(16)6-8-12/h5-8,13H,2-4,9-10H2,1H3,(H,17,19)/t13-/m1/s1. The van der Waals surface area contributed by atoms with Crippen LogP contribution in [-0.2, 0) is 14.3 Å². The Hall–Kier alpha value is -1.59. The van der Waals surface area contributed by atoms with Crippen molar-refractivity contribution in [3.63, 3.8) is 0 Å². The van der Waals surface area contributed by atoms with E-state index in [1.807, 2.05) is 4.90 Å². The Balaban J connectivity index is 1.93. The highest BCUT2D eigenvalue weighted by Gasteiger charge is 2.30. The average Bonchev–Trinajstić information content (AvgIpc) is 2.49. The first-order chi connectivity index (χ1) is 10.1. The molecule has 1 N–H and O–H groups in total. The van der Waals surface area contributed by atoms with E-state index >= 15 is 0 Å². The number of carbonyl (C=O) groups is 2. The molecule has 1 fully saturated rings. The van der Waals surface area contributed by atoms with E-state index < -0.39 is 0 Å². The summed E-state index contributed by atoms with van der Waals surface area (Å²) in [6.45, 7) is 0.913. The minimum Gasteiger partial charge on any atom is -0.468 e. The molecule has 1 aliphatic rings. The van der Waals surface area contributed by atoms with Gasteiger partial charge in [0.05, 0.1) is 13.7 Å². The van der Waals surface area contributed by atoms with Crippen LogP contribution in [0.2, 0.25) is 5.02 Å². The molecule has 0 bridgehead atoms. The summed E-state index contributed by atoms with van der Waals surface area (Å²) < 4.78 is 4.81. The Morgan fingerprint density at radius 1 is 1.33 bits per heavy atom. The summed E-state index contributed by atoms with van der Waals surface area (Å²) in [4.78, 5) is 25.7. The number of esters is 1. The van der Waals surface area contributed by atoms with Gasteiger partial charge in [0.25, 0.3) is 0 Å². The fourth-order valence-corrected chi connectivity index (χ4v) is 2.63. The highest BCUT2D eigenvalue weighted by molar-refractivity contribution is 6.30. The number of likely N-dealkylation sites (tertiary alicyclic amines) is 1. The number of amides is 1. The summed E-state index contributed by atoms with van der Waals surface area (Å²) in [6.07, 6.45) is 2.71. The first kappa shape index (κ1) is 15.8. The van der Waals surface area contributed by atoms with Crippen LogP contribution >= 0.6 is 11.6 Å². The summed E-state index contributed by atoms with van der Waals surface area (Å²) in [5, 5.41) is 3.42.